The fourth-order valence-corrected chi connectivity index (χ4v) is 6.63. The molecule has 0 spiro atoms. The third-order valence-corrected chi connectivity index (χ3v) is 7.79. The normalized spacial score (nSPS) is 29.2. The van der Waals surface area contributed by atoms with Crippen molar-refractivity contribution in [3.8, 4) is 5.75 Å². The van der Waals surface area contributed by atoms with Crippen LogP contribution in [-0.4, -0.2) is 53.7 Å². The van der Waals surface area contributed by atoms with Crippen LogP contribution in [0.1, 0.15) is 39.3 Å². The number of carbonyl (C=O) groups excluding carboxylic acids is 1. The number of thioether (sulfide) groups is 1. The molecule has 0 aromatic heterocycles. The highest BCUT2D eigenvalue weighted by atomic mass is 32.2. The summed E-state index contributed by atoms with van der Waals surface area (Å²) in [5.74, 6) is -1.27. The first-order valence-corrected chi connectivity index (χ1v) is 10.3. The highest BCUT2D eigenvalue weighted by Gasteiger charge is 2.70. The minimum atomic E-state index is -0.928. The lowest BCUT2D eigenvalue weighted by atomic mass is 9.76. The first-order chi connectivity index (χ1) is 12.9. The number of hydrogen-bond donors (Lipinski definition) is 4. The Morgan fingerprint density at radius 3 is 2.36 bits per heavy atom. The monoisotopic (exact) mass is 423 g/mol. The summed E-state index contributed by atoms with van der Waals surface area (Å²) in [6.45, 7) is 7.67. The summed E-state index contributed by atoms with van der Waals surface area (Å²) in [6, 6.07) is 4.47. The molecule has 5 N–H and O–H groups in total. The minimum Gasteiger partial charge on any atom is -0.508 e. The van der Waals surface area contributed by atoms with Crippen LogP contribution < -0.4 is 11.1 Å². The molecule has 0 saturated carbocycles. The molecule has 0 aliphatic carbocycles. The molecule has 1 amide bonds. The molecule has 2 aliphatic rings. The predicted molar refractivity (Wildman–Crippen MR) is 112 cm³/mol. The molecule has 1 aromatic rings. The minimum absolute atomic E-state index is 0.0481. The first kappa shape index (κ1) is 20.9. The van der Waals surface area contributed by atoms with E-state index >= 15 is 0 Å². The van der Waals surface area contributed by atoms with Gasteiger partial charge in [-0.15, -0.1) is 11.8 Å². The predicted octanol–water partition coefficient (Wildman–Crippen LogP) is 1.85. The lowest BCUT2D eigenvalue weighted by Crippen LogP contribution is -2.81. The van der Waals surface area contributed by atoms with Gasteiger partial charge >= 0.3 is 5.97 Å². The Balaban J connectivity index is 1.88. The molecule has 152 valence electrons. The molecule has 1 aromatic carbocycles. The molecule has 9 heteroatoms. The Bertz CT molecular complexity index is 827. The van der Waals surface area contributed by atoms with Crippen molar-refractivity contribution in [2.24, 2.45) is 11.7 Å². The van der Waals surface area contributed by atoms with Crippen molar-refractivity contribution >= 4 is 40.8 Å². The zero-order valence-corrected chi connectivity index (χ0v) is 17.8. The number of fused-ring (bicyclic) bond motifs is 1. The van der Waals surface area contributed by atoms with Gasteiger partial charge in [0.2, 0.25) is 5.91 Å². The number of nitrogens with two attached hydrogens (primary N) is 1. The van der Waals surface area contributed by atoms with Gasteiger partial charge in [0, 0.05) is 4.75 Å². The number of benzene rings is 1. The van der Waals surface area contributed by atoms with Gasteiger partial charge in [-0.25, -0.2) is 4.79 Å². The second-order valence-corrected chi connectivity index (χ2v) is 10.2. The van der Waals surface area contributed by atoms with Gasteiger partial charge in [0.05, 0.1) is 0 Å². The molecule has 2 heterocycles. The number of rotatable bonds is 5. The van der Waals surface area contributed by atoms with E-state index in [4.69, 9.17) is 18.0 Å². The number of nitrogens with one attached hydrogen (secondary N) is 1. The van der Waals surface area contributed by atoms with Gasteiger partial charge in [-0.3, -0.25) is 4.79 Å². The quantitative estimate of drug-likeness (QED) is 0.530. The van der Waals surface area contributed by atoms with Crippen molar-refractivity contribution in [1.29, 1.82) is 0 Å². The van der Waals surface area contributed by atoms with Gasteiger partial charge in [0.25, 0.3) is 0 Å². The third kappa shape index (κ3) is 2.96. The van der Waals surface area contributed by atoms with Crippen LogP contribution in [0, 0.1) is 5.92 Å². The number of carboxylic acid groups (broad SMARTS) is 1. The summed E-state index contributed by atoms with van der Waals surface area (Å²) < 4.78 is -0.555. The van der Waals surface area contributed by atoms with Crippen LogP contribution in [0.15, 0.2) is 24.3 Å². The zero-order valence-electron chi connectivity index (χ0n) is 16.2. The number of thiocarbonyl (C=S) groups is 1. The van der Waals surface area contributed by atoms with Crippen LogP contribution in [0.25, 0.3) is 0 Å². The van der Waals surface area contributed by atoms with Gasteiger partial charge in [0.15, 0.2) is 0 Å². The summed E-state index contributed by atoms with van der Waals surface area (Å²) in [4.78, 5) is 26.9. The molecular formula is C19H25N3O4S2. The molecule has 7 nitrogen and oxygen atoms in total. The molecule has 2 saturated heterocycles. The zero-order chi connectivity index (χ0) is 21.0. The third-order valence-electron chi connectivity index (χ3n) is 5.59. The van der Waals surface area contributed by atoms with Gasteiger partial charge in [0.1, 0.15) is 33.7 Å². The molecule has 2 fully saturated rings. The van der Waals surface area contributed by atoms with Crippen LogP contribution >= 0.6 is 24.0 Å². The number of phenols is 1. The standard InChI is InChI=1S/C19H25N3O4S2/c1-9(2)19(21-14(24)12(20)10-5-7-11(23)8-6-10)16(27)22-13(15(25)26)18(3,4)28-17(19)22/h5-9,12-13,17,23H,20H2,1-4H3,(H,21,24)(H,25,26)/t12?,13-,17+,19-/m0/s1. The number of phenolic OH excluding ortho intramolecular Hbond substituents is 1. The Labute approximate surface area is 173 Å². The highest BCUT2D eigenvalue weighted by Crippen LogP contribution is 2.57. The van der Waals surface area contributed by atoms with Crippen LogP contribution in [0.5, 0.6) is 5.75 Å². The topological polar surface area (TPSA) is 116 Å². The number of amides is 1. The molecule has 2 aliphatic heterocycles. The molecular weight excluding hydrogens is 398 g/mol. The van der Waals surface area contributed by atoms with Crippen molar-refractivity contribution in [2.45, 2.75) is 55.4 Å². The maximum absolute atomic E-state index is 12.9. The smallest absolute Gasteiger partial charge is 0.327 e. The van der Waals surface area contributed by atoms with Gasteiger partial charge in [-0.1, -0.05) is 38.2 Å². The van der Waals surface area contributed by atoms with E-state index in [0.717, 1.165) is 0 Å². The van der Waals surface area contributed by atoms with Crippen LogP contribution in [0.2, 0.25) is 0 Å². The van der Waals surface area contributed by atoms with Crippen molar-refractivity contribution in [3.63, 3.8) is 0 Å². The van der Waals surface area contributed by atoms with E-state index in [1.807, 2.05) is 27.7 Å². The van der Waals surface area contributed by atoms with Crippen molar-refractivity contribution < 1.29 is 19.8 Å². The summed E-state index contributed by atoms with van der Waals surface area (Å²) in [7, 11) is 0. The summed E-state index contributed by atoms with van der Waals surface area (Å²) in [6.07, 6.45) is 0. The van der Waals surface area contributed by atoms with E-state index in [-0.39, 0.29) is 17.0 Å². The molecule has 1 unspecified atom stereocenters. The molecule has 4 atom stereocenters. The summed E-state index contributed by atoms with van der Waals surface area (Å²) >= 11 is 7.14. The van der Waals surface area contributed by atoms with Crippen molar-refractivity contribution in [1.82, 2.24) is 10.2 Å². The van der Waals surface area contributed by atoms with Crippen LogP contribution in [0.4, 0.5) is 0 Å². The van der Waals surface area contributed by atoms with Gasteiger partial charge in [-0.2, -0.15) is 0 Å². The Hall–Kier alpha value is -1.84. The molecule has 3 rings (SSSR count). The number of carboxylic acids is 1. The van der Waals surface area contributed by atoms with E-state index in [0.29, 0.717) is 10.6 Å². The summed E-state index contributed by atoms with van der Waals surface area (Å²) in [5, 5.41) is 21.9. The van der Waals surface area contributed by atoms with Crippen LogP contribution in [-0.2, 0) is 9.59 Å². The fraction of sp³-hybridized carbons (Fsp3) is 0.526. The average Bonchev–Trinajstić information content (AvgIpc) is 2.87. The van der Waals surface area contributed by atoms with Gasteiger partial charge in [-0.05, 0) is 37.5 Å². The highest BCUT2D eigenvalue weighted by molar-refractivity contribution is 8.02. The van der Waals surface area contributed by atoms with E-state index in [9.17, 15) is 19.8 Å². The lowest BCUT2D eigenvalue weighted by molar-refractivity contribution is -0.143. The second-order valence-electron chi connectivity index (χ2n) is 8.11. The average molecular weight is 424 g/mol. The number of hydrogen-bond acceptors (Lipinski definition) is 6. The largest absolute Gasteiger partial charge is 0.508 e. The summed E-state index contributed by atoms with van der Waals surface area (Å²) in [5.41, 5.74) is 5.86. The maximum Gasteiger partial charge on any atom is 0.327 e. The first-order valence-electron chi connectivity index (χ1n) is 9.03. The Morgan fingerprint density at radius 1 is 1.29 bits per heavy atom. The molecule has 0 bridgehead atoms. The van der Waals surface area contributed by atoms with Crippen molar-refractivity contribution in [2.75, 3.05) is 0 Å². The SMILES string of the molecule is CC(C)[C@]1(NC(=O)C(N)c2ccc(O)cc2)C(=S)N2[C@@H](C(=O)O)C(C)(C)S[C@@H]21. The fourth-order valence-electron chi connectivity index (χ4n) is 3.99. The van der Waals surface area contributed by atoms with Gasteiger partial charge < -0.3 is 26.2 Å². The molecule has 0 radical (unpaired) electrons. The molecule has 28 heavy (non-hydrogen) atoms. The van der Waals surface area contributed by atoms with Crippen molar-refractivity contribution in [3.05, 3.63) is 29.8 Å². The Morgan fingerprint density at radius 2 is 1.86 bits per heavy atom. The van der Waals surface area contributed by atoms with Crippen LogP contribution in [0.3, 0.4) is 0 Å². The maximum atomic E-state index is 12.9. The van der Waals surface area contributed by atoms with E-state index in [1.54, 1.807) is 17.0 Å². The van der Waals surface area contributed by atoms with E-state index in [1.165, 1.54) is 23.9 Å². The van der Waals surface area contributed by atoms with E-state index < -0.39 is 34.2 Å². The number of aromatic hydroxyl groups is 1. The Kier molecular flexibility index (Phi) is 5.14. The van der Waals surface area contributed by atoms with E-state index in [2.05, 4.69) is 5.32 Å². The second kappa shape index (κ2) is 6.89. The number of carbonyl (C=O) groups is 2. The number of nitrogens with zero attached hydrogens (tertiary/aromatic N) is 1. The lowest BCUT2D eigenvalue weighted by Gasteiger charge is -2.58. The number of aliphatic carboxylic acids is 1.